The molecule has 0 spiro atoms. The van der Waals surface area contributed by atoms with Crippen molar-refractivity contribution >= 4 is 5.97 Å². The van der Waals surface area contributed by atoms with Crippen LogP contribution in [0.1, 0.15) is 26.3 Å². The van der Waals surface area contributed by atoms with Crippen molar-refractivity contribution in [2.24, 2.45) is 5.41 Å². The van der Waals surface area contributed by atoms with Gasteiger partial charge in [0.15, 0.2) is 0 Å². The van der Waals surface area contributed by atoms with Gasteiger partial charge in [0, 0.05) is 13.1 Å². The monoisotopic (exact) mass is 265 g/mol. The summed E-state index contributed by atoms with van der Waals surface area (Å²) in [6.07, 6.45) is 0. The van der Waals surface area contributed by atoms with Crippen LogP contribution in [0.3, 0.4) is 0 Å². The third-order valence-corrected chi connectivity index (χ3v) is 2.93. The van der Waals surface area contributed by atoms with Gasteiger partial charge in [-0.05, 0) is 45.5 Å². The topological polar surface area (TPSA) is 49.8 Å². The number of benzene rings is 1. The van der Waals surface area contributed by atoms with Crippen LogP contribution in [0.25, 0.3) is 0 Å². The van der Waals surface area contributed by atoms with Crippen molar-refractivity contribution < 1.29 is 14.6 Å². The van der Waals surface area contributed by atoms with Gasteiger partial charge in [0.1, 0.15) is 5.75 Å². The van der Waals surface area contributed by atoms with Gasteiger partial charge >= 0.3 is 5.97 Å². The van der Waals surface area contributed by atoms with Gasteiger partial charge in [0.2, 0.25) is 0 Å². The molecular weight excluding hydrogens is 242 g/mol. The molecule has 0 aliphatic heterocycles. The van der Waals surface area contributed by atoms with E-state index in [1.807, 2.05) is 43.1 Å². The molecule has 0 aromatic heterocycles. The first-order valence-corrected chi connectivity index (χ1v) is 6.49. The number of carboxylic acid groups (broad SMARTS) is 1. The van der Waals surface area contributed by atoms with E-state index >= 15 is 0 Å². The minimum absolute atomic E-state index is 0.509. The smallest absolute Gasteiger partial charge is 0.310 e. The van der Waals surface area contributed by atoms with Crippen LogP contribution in [0.15, 0.2) is 24.3 Å². The lowest BCUT2D eigenvalue weighted by Gasteiger charge is -2.26. The number of ether oxygens (including phenoxy) is 1. The largest absolute Gasteiger partial charge is 0.494 e. The summed E-state index contributed by atoms with van der Waals surface area (Å²) < 4.78 is 5.39. The first-order valence-electron chi connectivity index (χ1n) is 6.49. The van der Waals surface area contributed by atoms with E-state index in [1.165, 1.54) is 0 Å². The number of rotatable bonds is 7. The summed E-state index contributed by atoms with van der Waals surface area (Å²) in [6.45, 7) is 7.33. The van der Waals surface area contributed by atoms with Crippen LogP contribution in [0, 0.1) is 5.41 Å². The third-order valence-electron chi connectivity index (χ3n) is 2.93. The Hall–Kier alpha value is -1.55. The maximum absolute atomic E-state index is 11.1. The lowest BCUT2D eigenvalue weighted by atomic mass is 9.93. The maximum atomic E-state index is 11.1. The number of nitrogens with zero attached hydrogens (tertiary/aromatic N) is 1. The highest BCUT2D eigenvalue weighted by molar-refractivity contribution is 5.73. The van der Waals surface area contributed by atoms with Gasteiger partial charge < -0.3 is 14.7 Å². The zero-order valence-corrected chi connectivity index (χ0v) is 12.1. The summed E-state index contributed by atoms with van der Waals surface area (Å²) in [6, 6.07) is 7.90. The SMILES string of the molecule is CCOc1ccc(CN(C)CC(C)(C)C(=O)O)cc1. The van der Waals surface area contributed by atoms with E-state index in [9.17, 15) is 4.79 Å². The fourth-order valence-electron chi connectivity index (χ4n) is 1.97. The molecule has 0 aliphatic carbocycles. The third kappa shape index (κ3) is 4.91. The first kappa shape index (κ1) is 15.5. The van der Waals surface area contributed by atoms with E-state index in [0.29, 0.717) is 13.2 Å². The molecule has 0 saturated heterocycles. The summed E-state index contributed by atoms with van der Waals surface area (Å²) in [5, 5.41) is 9.11. The summed E-state index contributed by atoms with van der Waals surface area (Å²) in [5.41, 5.74) is 0.409. The number of aliphatic carboxylic acids is 1. The molecule has 4 heteroatoms. The highest BCUT2D eigenvalue weighted by atomic mass is 16.5. The van der Waals surface area contributed by atoms with Crippen molar-refractivity contribution in [3.8, 4) is 5.75 Å². The van der Waals surface area contributed by atoms with Crippen LogP contribution in [-0.4, -0.2) is 36.2 Å². The Morgan fingerprint density at radius 2 is 1.89 bits per heavy atom. The highest BCUT2D eigenvalue weighted by Gasteiger charge is 2.28. The number of hydrogen-bond donors (Lipinski definition) is 1. The van der Waals surface area contributed by atoms with Crippen LogP contribution in [0.4, 0.5) is 0 Å². The molecule has 19 heavy (non-hydrogen) atoms. The van der Waals surface area contributed by atoms with Crippen molar-refractivity contribution in [2.75, 3.05) is 20.2 Å². The van der Waals surface area contributed by atoms with Gasteiger partial charge in [0.05, 0.1) is 12.0 Å². The van der Waals surface area contributed by atoms with Gasteiger partial charge in [-0.15, -0.1) is 0 Å². The molecule has 1 aromatic rings. The Balaban J connectivity index is 2.57. The fraction of sp³-hybridized carbons (Fsp3) is 0.533. The Labute approximate surface area is 115 Å². The fourth-order valence-corrected chi connectivity index (χ4v) is 1.97. The zero-order chi connectivity index (χ0) is 14.5. The predicted octanol–water partition coefficient (Wildman–Crippen LogP) is 2.63. The van der Waals surface area contributed by atoms with Gasteiger partial charge in [0.25, 0.3) is 0 Å². The Morgan fingerprint density at radius 3 is 2.37 bits per heavy atom. The normalized spacial score (nSPS) is 11.6. The molecule has 1 aromatic carbocycles. The lowest BCUT2D eigenvalue weighted by molar-refractivity contribution is -0.147. The van der Waals surface area contributed by atoms with E-state index in [-0.39, 0.29) is 0 Å². The second-order valence-electron chi connectivity index (χ2n) is 5.44. The Morgan fingerprint density at radius 1 is 1.32 bits per heavy atom. The molecule has 0 heterocycles. The molecule has 0 unspecified atom stereocenters. The Kier molecular flexibility index (Phi) is 5.36. The van der Waals surface area contributed by atoms with E-state index in [2.05, 4.69) is 0 Å². The number of hydrogen-bond acceptors (Lipinski definition) is 3. The molecule has 1 N–H and O–H groups in total. The standard InChI is InChI=1S/C15H23NO3/c1-5-19-13-8-6-12(7-9-13)10-16(4)11-15(2,3)14(17)18/h6-9H,5,10-11H2,1-4H3,(H,17,18). The van der Waals surface area contributed by atoms with Crippen molar-refractivity contribution in [2.45, 2.75) is 27.3 Å². The van der Waals surface area contributed by atoms with Gasteiger partial charge in [-0.25, -0.2) is 0 Å². The van der Waals surface area contributed by atoms with E-state index < -0.39 is 11.4 Å². The molecule has 0 bridgehead atoms. The van der Waals surface area contributed by atoms with Crippen LogP contribution in [-0.2, 0) is 11.3 Å². The summed E-state index contributed by atoms with van der Waals surface area (Å²) in [7, 11) is 1.93. The number of carbonyl (C=O) groups is 1. The van der Waals surface area contributed by atoms with Crippen LogP contribution in [0.5, 0.6) is 5.75 Å². The van der Waals surface area contributed by atoms with Gasteiger partial charge in [-0.2, -0.15) is 0 Å². The zero-order valence-electron chi connectivity index (χ0n) is 12.1. The summed E-state index contributed by atoms with van der Waals surface area (Å²) in [4.78, 5) is 13.1. The van der Waals surface area contributed by atoms with Crippen LogP contribution >= 0.6 is 0 Å². The molecule has 4 nitrogen and oxygen atoms in total. The lowest BCUT2D eigenvalue weighted by Crippen LogP contribution is -2.36. The van der Waals surface area contributed by atoms with Crippen molar-refractivity contribution in [1.82, 2.24) is 4.90 Å². The molecule has 0 radical (unpaired) electrons. The second-order valence-corrected chi connectivity index (χ2v) is 5.44. The minimum atomic E-state index is -0.772. The average molecular weight is 265 g/mol. The summed E-state index contributed by atoms with van der Waals surface area (Å²) in [5.74, 6) is 0.0887. The molecule has 0 aliphatic rings. The van der Waals surface area contributed by atoms with Crippen molar-refractivity contribution in [1.29, 1.82) is 0 Å². The molecule has 0 atom stereocenters. The summed E-state index contributed by atoms with van der Waals surface area (Å²) >= 11 is 0. The highest BCUT2D eigenvalue weighted by Crippen LogP contribution is 2.18. The molecular formula is C15H23NO3. The molecule has 0 fully saturated rings. The number of carboxylic acids is 1. The van der Waals surface area contributed by atoms with Crippen LogP contribution < -0.4 is 4.74 Å². The molecule has 0 saturated carbocycles. The maximum Gasteiger partial charge on any atom is 0.310 e. The van der Waals surface area contributed by atoms with E-state index in [0.717, 1.165) is 17.9 Å². The van der Waals surface area contributed by atoms with Crippen LogP contribution in [0.2, 0.25) is 0 Å². The van der Waals surface area contributed by atoms with E-state index in [1.54, 1.807) is 13.8 Å². The quantitative estimate of drug-likeness (QED) is 0.823. The minimum Gasteiger partial charge on any atom is -0.494 e. The first-order chi connectivity index (χ1) is 8.85. The van der Waals surface area contributed by atoms with Crippen molar-refractivity contribution in [3.05, 3.63) is 29.8 Å². The molecule has 106 valence electrons. The van der Waals surface area contributed by atoms with Gasteiger partial charge in [-0.1, -0.05) is 12.1 Å². The van der Waals surface area contributed by atoms with E-state index in [4.69, 9.17) is 9.84 Å². The Bertz CT molecular complexity index is 412. The average Bonchev–Trinajstić information content (AvgIpc) is 2.31. The van der Waals surface area contributed by atoms with Gasteiger partial charge in [-0.3, -0.25) is 4.79 Å². The molecule has 0 amide bonds. The van der Waals surface area contributed by atoms with Crippen molar-refractivity contribution in [3.63, 3.8) is 0 Å². The molecule has 1 rings (SSSR count). The predicted molar refractivity (Wildman–Crippen MR) is 75.4 cm³/mol. The second kappa shape index (κ2) is 6.57.